The Balaban J connectivity index is 2.00. The topological polar surface area (TPSA) is 61.8 Å². The maximum absolute atomic E-state index is 13.1. The van der Waals surface area contributed by atoms with Crippen molar-refractivity contribution >= 4 is 11.8 Å². The maximum Gasteiger partial charge on any atom is 0.343 e. The molecule has 5 heteroatoms. The highest BCUT2D eigenvalue weighted by Crippen LogP contribution is 2.52. The van der Waals surface area contributed by atoms with E-state index in [9.17, 15) is 9.59 Å². The second-order valence-electron chi connectivity index (χ2n) is 9.15. The first kappa shape index (κ1) is 20.7. The van der Waals surface area contributed by atoms with Gasteiger partial charge in [0.25, 0.3) is 0 Å². The molecular weight excluding hydrogens is 356 g/mol. The van der Waals surface area contributed by atoms with Crippen LogP contribution in [0.1, 0.15) is 69.5 Å². The van der Waals surface area contributed by atoms with Crippen LogP contribution in [-0.2, 0) is 9.53 Å². The van der Waals surface area contributed by atoms with Crippen LogP contribution in [0.25, 0.3) is 0 Å². The van der Waals surface area contributed by atoms with E-state index in [1.807, 2.05) is 13.0 Å². The standard InChI is InChI=1S/C23H32O5/c1-12(2)23(4,5)14-10-13(3)19(24)16(11-14)20-15-8-9-17(26-6)21(27-7)18(15)22(25)28-20/h8-9,12-14,16,20H,10-11H2,1-7H3/t13-,14+,16-,20-/m0/s1. The van der Waals surface area contributed by atoms with Crippen LogP contribution in [0.2, 0.25) is 0 Å². The molecule has 1 fully saturated rings. The second-order valence-corrected chi connectivity index (χ2v) is 9.15. The predicted molar refractivity (Wildman–Crippen MR) is 107 cm³/mol. The van der Waals surface area contributed by atoms with E-state index >= 15 is 0 Å². The third kappa shape index (κ3) is 3.19. The molecule has 0 bridgehead atoms. The van der Waals surface area contributed by atoms with E-state index in [0.29, 0.717) is 28.9 Å². The molecule has 0 radical (unpaired) electrons. The number of benzene rings is 1. The Kier molecular flexibility index (Phi) is 5.48. The Morgan fingerprint density at radius 2 is 1.79 bits per heavy atom. The van der Waals surface area contributed by atoms with Crippen molar-refractivity contribution in [2.75, 3.05) is 14.2 Å². The number of Topliss-reactive ketones (excluding diaryl/α,β-unsaturated/α-hetero) is 1. The summed E-state index contributed by atoms with van der Waals surface area (Å²) >= 11 is 0. The van der Waals surface area contributed by atoms with Gasteiger partial charge in [0.15, 0.2) is 11.5 Å². The van der Waals surface area contributed by atoms with Gasteiger partial charge in [0.1, 0.15) is 17.5 Å². The van der Waals surface area contributed by atoms with E-state index in [-0.39, 0.29) is 23.0 Å². The molecule has 3 rings (SSSR count). The monoisotopic (exact) mass is 388 g/mol. The molecule has 1 aliphatic heterocycles. The molecule has 1 heterocycles. The molecule has 0 spiro atoms. The van der Waals surface area contributed by atoms with Crippen molar-refractivity contribution in [3.63, 3.8) is 0 Å². The average Bonchev–Trinajstić information content (AvgIpc) is 2.99. The summed E-state index contributed by atoms with van der Waals surface area (Å²) in [6, 6.07) is 3.61. The van der Waals surface area contributed by atoms with E-state index in [1.54, 1.807) is 6.07 Å². The largest absolute Gasteiger partial charge is 0.493 e. The highest BCUT2D eigenvalue weighted by molar-refractivity contribution is 5.99. The lowest BCUT2D eigenvalue weighted by Crippen LogP contribution is -2.42. The zero-order valence-corrected chi connectivity index (χ0v) is 18.0. The number of carbonyl (C=O) groups is 2. The summed E-state index contributed by atoms with van der Waals surface area (Å²) in [5, 5.41) is 0. The predicted octanol–water partition coefficient (Wildman–Crippen LogP) is 4.83. The molecule has 0 saturated heterocycles. The number of ketones is 1. The number of ether oxygens (including phenoxy) is 3. The number of hydrogen-bond donors (Lipinski definition) is 0. The van der Waals surface area contributed by atoms with Crippen LogP contribution in [0.4, 0.5) is 0 Å². The van der Waals surface area contributed by atoms with Crippen LogP contribution in [0.15, 0.2) is 12.1 Å². The van der Waals surface area contributed by atoms with Gasteiger partial charge in [-0.05, 0) is 36.2 Å². The minimum absolute atomic E-state index is 0.0373. The minimum atomic E-state index is -0.553. The number of carbonyl (C=O) groups excluding carboxylic acids is 2. The van der Waals surface area contributed by atoms with Crippen molar-refractivity contribution < 1.29 is 23.8 Å². The fraction of sp³-hybridized carbons (Fsp3) is 0.652. The van der Waals surface area contributed by atoms with E-state index in [1.165, 1.54) is 14.2 Å². The fourth-order valence-electron chi connectivity index (χ4n) is 4.71. The van der Waals surface area contributed by atoms with Gasteiger partial charge in [-0.15, -0.1) is 0 Å². The lowest BCUT2D eigenvalue weighted by molar-refractivity contribution is -0.136. The van der Waals surface area contributed by atoms with Gasteiger partial charge < -0.3 is 14.2 Å². The van der Waals surface area contributed by atoms with Crippen LogP contribution in [0.3, 0.4) is 0 Å². The number of hydrogen-bond acceptors (Lipinski definition) is 5. The first-order valence-corrected chi connectivity index (χ1v) is 10.1. The van der Waals surface area contributed by atoms with E-state index in [4.69, 9.17) is 14.2 Å². The van der Waals surface area contributed by atoms with Crippen molar-refractivity contribution in [2.24, 2.45) is 29.1 Å². The van der Waals surface area contributed by atoms with E-state index < -0.39 is 12.1 Å². The number of esters is 1. The molecular formula is C23H32O5. The third-order valence-corrected chi connectivity index (χ3v) is 7.26. The Morgan fingerprint density at radius 3 is 2.36 bits per heavy atom. The summed E-state index contributed by atoms with van der Waals surface area (Å²) < 4.78 is 16.5. The van der Waals surface area contributed by atoms with E-state index in [2.05, 4.69) is 27.7 Å². The van der Waals surface area contributed by atoms with Crippen molar-refractivity contribution in [1.29, 1.82) is 0 Å². The highest BCUT2D eigenvalue weighted by atomic mass is 16.6. The fourth-order valence-corrected chi connectivity index (χ4v) is 4.71. The summed E-state index contributed by atoms with van der Waals surface area (Å²) in [7, 11) is 3.04. The Bertz CT molecular complexity index is 779. The number of rotatable bonds is 5. The molecule has 28 heavy (non-hydrogen) atoms. The molecule has 1 aromatic rings. The first-order valence-electron chi connectivity index (χ1n) is 10.1. The van der Waals surface area contributed by atoms with Gasteiger partial charge >= 0.3 is 5.97 Å². The summed E-state index contributed by atoms with van der Waals surface area (Å²) in [6.45, 7) is 11.0. The van der Waals surface area contributed by atoms with Gasteiger partial charge in [-0.1, -0.05) is 40.7 Å². The highest BCUT2D eigenvalue weighted by Gasteiger charge is 2.49. The van der Waals surface area contributed by atoms with Crippen LogP contribution in [0, 0.1) is 29.1 Å². The molecule has 4 atom stereocenters. The molecule has 154 valence electrons. The van der Waals surface area contributed by atoms with Crippen molar-refractivity contribution in [3.8, 4) is 11.5 Å². The molecule has 5 nitrogen and oxygen atoms in total. The zero-order chi connectivity index (χ0) is 20.8. The lowest BCUT2D eigenvalue weighted by Gasteiger charge is -2.45. The van der Waals surface area contributed by atoms with Gasteiger partial charge in [0, 0.05) is 11.5 Å². The molecule has 0 N–H and O–H groups in total. The summed E-state index contributed by atoms with van der Waals surface area (Å²) in [5.74, 6) is 1.15. The summed E-state index contributed by atoms with van der Waals surface area (Å²) in [6.07, 6.45) is 1.07. The van der Waals surface area contributed by atoms with Gasteiger partial charge in [-0.25, -0.2) is 4.79 Å². The zero-order valence-electron chi connectivity index (χ0n) is 18.0. The molecule has 1 aliphatic carbocycles. The summed E-state index contributed by atoms with van der Waals surface area (Å²) in [4.78, 5) is 25.8. The Hall–Kier alpha value is -2.04. The van der Waals surface area contributed by atoms with Crippen molar-refractivity contribution in [1.82, 2.24) is 0 Å². The van der Waals surface area contributed by atoms with Crippen LogP contribution < -0.4 is 9.47 Å². The van der Waals surface area contributed by atoms with Gasteiger partial charge in [0.05, 0.1) is 20.1 Å². The molecule has 2 aliphatic rings. The normalized spacial score (nSPS) is 27.6. The molecule has 0 amide bonds. The summed E-state index contributed by atoms with van der Waals surface area (Å²) in [5.41, 5.74) is 1.23. The molecule has 0 unspecified atom stereocenters. The van der Waals surface area contributed by atoms with Gasteiger partial charge in [-0.3, -0.25) is 4.79 Å². The molecule has 0 aromatic heterocycles. The SMILES string of the molecule is COc1ccc2c(c1OC)C(=O)O[C@@H]2[C@H]1C[C@H](C(C)(C)C(C)C)C[C@H](C)C1=O. The van der Waals surface area contributed by atoms with Crippen molar-refractivity contribution in [2.45, 2.75) is 53.6 Å². The number of methoxy groups -OCH3 is 2. The lowest BCUT2D eigenvalue weighted by atomic mass is 9.60. The smallest absolute Gasteiger partial charge is 0.343 e. The van der Waals surface area contributed by atoms with Crippen LogP contribution in [0.5, 0.6) is 11.5 Å². The number of cyclic esters (lactones) is 1. The first-order chi connectivity index (χ1) is 13.1. The maximum atomic E-state index is 13.1. The molecule has 1 saturated carbocycles. The van der Waals surface area contributed by atoms with Gasteiger partial charge in [0.2, 0.25) is 0 Å². The third-order valence-electron chi connectivity index (χ3n) is 7.26. The molecule has 1 aromatic carbocycles. The van der Waals surface area contributed by atoms with Crippen LogP contribution >= 0.6 is 0 Å². The van der Waals surface area contributed by atoms with Crippen molar-refractivity contribution in [3.05, 3.63) is 23.3 Å². The Labute approximate surface area is 167 Å². The number of fused-ring (bicyclic) bond motifs is 1. The van der Waals surface area contributed by atoms with Gasteiger partial charge in [-0.2, -0.15) is 0 Å². The quantitative estimate of drug-likeness (QED) is 0.676. The van der Waals surface area contributed by atoms with E-state index in [0.717, 1.165) is 18.4 Å². The second kappa shape index (κ2) is 7.41. The Morgan fingerprint density at radius 1 is 1.11 bits per heavy atom. The average molecular weight is 389 g/mol. The minimum Gasteiger partial charge on any atom is -0.493 e. The van der Waals surface area contributed by atoms with Crippen LogP contribution in [-0.4, -0.2) is 26.0 Å².